The van der Waals surface area contributed by atoms with Crippen LogP contribution < -0.4 is 0 Å². The largest absolute Gasteiger partial charge is 0.251 e. The van der Waals surface area contributed by atoms with Crippen LogP contribution in [-0.2, 0) is 16.9 Å². The van der Waals surface area contributed by atoms with Gasteiger partial charge in [0.05, 0.1) is 0 Å². The molecule has 0 amide bonds. The predicted molar refractivity (Wildman–Crippen MR) is 62.2 cm³/mol. The fraction of sp³-hybridized carbons (Fsp3) is 0.500. The molecule has 0 radical (unpaired) electrons. The molecule has 1 aromatic carbocycles. The average Bonchev–Trinajstić information content (AvgIpc) is 2.19. The van der Waals surface area contributed by atoms with E-state index in [0.717, 1.165) is 5.56 Å². The summed E-state index contributed by atoms with van der Waals surface area (Å²) in [5.74, 6) is 1.19. The van der Waals surface area contributed by atoms with E-state index in [-0.39, 0.29) is 12.0 Å². The highest BCUT2D eigenvalue weighted by Gasteiger charge is 2.27. The summed E-state index contributed by atoms with van der Waals surface area (Å²) in [6, 6.07) is 6.30. The van der Waals surface area contributed by atoms with Gasteiger partial charge in [-0.2, -0.15) is 0 Å². The predicted octanol–water partition coefficient (Wildman–Crippen LogP) is 3.45. The molecule has 3 heteroatoms. The van der Waals surface area contributed by atoms with Crippen LogP contribution in [0.5, 0.6) is 0 Å². The summed E-state index contributed by atoms with van der Waals surface area (Å²) in [4.78, 5) is 5.55. The van der Waals surface area contributed by atoms with E-state index in [1.807, 2.05) is 17.8 Å². The number of thioether (sulfide) groups is 1. The first-order valence-corrected chi connectivity index (χ1v) is 6.14. The first-order valence-electron chi connectivity index (χ1n) is 5.16. The van der Waals surface area contributed by atoms with E-state index in [2.05, 4.69) is 30.9 Å². The van der Waals surface area contributed by atoms with Gasteiger partial charge in [-0.15, -0.1) is 11.8 Å². The Labute approximate surface area is 94.6 Å². The van der Waals surface area contributed by atoms with E-state index >= 15 is 0 Å². The molecule has 15 heavy (non-hydrogen) atoms. The summed E-state index contributed by atoms with van der Waals surface area (Å²) in [7, 11) is 0. The molecule has 0 aromatic heterocycles. The first-order chi connectivity index (χ1) is 7.13. The molecule has 2 nitrogen and oxygen atoms in total. The molecule has 1 N–H and O–H groups in total. The van der Waals surface area contributed by atoms with Gasteiger partial charge in [-0.25, -0.2) is 4.89 Å². The highest BCUT2D eigenvalue weighted by molar-refractivity contribution is 7.99. The van der Waals surface area contributed by atoms with E-state index in [0.29, 0.717) is 0 Å². The maximum Gasteiger partial charge on any atom is 0.107 e. The minimum atomic E-state index is 0.242. The SMILES string of the molecule is CC1(C)CCSc2ccc(COO)cc21. The Morgan fingerprint density at radius 2 is 2.27 bits per heavy atom. The number of fused-ring (bicyclic) bond motifs is 1. The maximum absolute atomic E-state index is 8.45. The van der Waals surface area contributed by atoms with Gasteiger partial charge in [0.15, 0.2) is 0 Å². The van der Waals surface area contributed by atoms with Crippen molar-refractivity contribution in [1.82, 2.24) is 0 Å². The standard InChI is InChI=1S/C12H16O2S/c1-12(2)5-6-15-11-4-3-9(8-14-13)7-10(11)12/h3-4,7,13H,5-6,8H2,1-2H3. The quantitative estimate of drug-likeness (QED) is 0.616. The number of benzene rings is 1. The third-order valence-electron chi connectivity index (χ3n) is 2.99. The topological polar surface area (TPSA) is 29.5 Å². The van der Waals surface area contributed by atoms with E-state index < -0.39 is 0 Å². The molecule has 0 saturated carbocycles. The van der Waals surface area contributed by atoms with Gasteiger partial charge in [0.25, 0.3) is 0 Å². The summed E-state index contributed by atoms with van der Waals surface area (Å²) in [6.07, 6.45) is 1.20. The summed E-state index contributed by atoms with van der Waals surface area (Å²) in [5, 5.41) is 8.45. The van der Waals surface area contributed by atoms with Gasteiger partial charge in [-0.05, 0) is 34.8 Å². The van der Waals surface area contributed by atoms with Crippen LogP contribution in [-0.4, -0.2) is 11.0 Å². The van der Waals surface area contributed by atoms with Crippen LogP contribution in [0.3, 0.4) is 0 Å². The van der Waals surface area contributed by atoms with Crippen molar-refractivity contribution >= 4 is 11.8 Å². The average molecular weight is 224 g/mol. The van der Waals surface area contributed by atoms with Crippen LogP contribution in [0.1, 0.15) is 31.4 Å². The molecule has 2 rings (SSSR count). The zero-order chi connectivity index (χ0) is 10.9. The maximum atomic E-state index is 8.45. The van der Waals surface area contributed by atoms with Gasteiger partial charge in [0.1, 0.15) is 6.61 Å². The van der Waals surface area contributed by atoms with E-state index in [1.165, 1.54) is 22.6 Å². The second kappa shape index (κ2) is 4.16. The van der Waals surface area contributed by atoms with Crippen molar-refractivity contribution in [2.45, 2.75) is 37.2 Å². The minimum Gasteiger partial charge on any atom is -0.251 e. The number of hydrogen-bond donors (Lipinski definition) is 1. The molecule has 0 saturated heterocycles. The molecule has 1 aromatic rings. The normalized spacial score (nSPS) is 18.6. The van der Waals surface area contributed by atoms with Crippen molar-refractivity contribution in [1.29, 1.82) is 0 Å². The molecule has 0 bridgehead atoms. The zero-order valence-electron chi connectivity index (χ0n) is 9.12. The van der Waals surface area contributed by atoms with Crippen molar-refractivity contribution in [3.63, 3.8) is 0 Å². The van der Waals surface area contributed by atoms with Gasteiger partial charge in [0.2, 0.25) is 0 Å². The third-order valence-corrected chi connectivity index (χ3v) is 4.06. The van der Waals surface area contributed by atoms with Crippen molar-refractivity contribution in [2.75, 3.05) is 5.75 Å². The van der Waals surface area contributed by atoms with Crippen LogP contribution >= 0.6 is 11.8 Å². The smallest absolute Gasteiger partial charge is 0.107 e. The molecule has 1 aliphatic rings. The zero-order valence-corrected chi connectivity index (χ0v) is 9.93. The van der Waals surface area contributed by atoms with Crippen LogP contribution in [0.4, 0.5) is 0 Å². The van der Waals surface area contributed by atoms with Gasteiger partial charge < -0.3 is 0 Å². The molecule has 0 fully saturated rings. The summed E-state index contributed by atoms with van der Waals surface area (Å²) in [5.41, 5.74) is 2.66. The molecule has 0 aliphatic carbocycles. The van der Waals surface area contributed by atoms with E-state index in [9.17, 15) is 0 Å². The highest BCUT2D eigenvalue weighted by atomic mass is 32.2. The van der Waals surface area contributed by atoms with Crippen molar-refractivity contribution < 1.29 is 10.1 Å². The fourth-order valence-electron chi connectivity index (χ4n) is 1.95. The van der Waals surface area contributed by atoms with Gasteiger partial charge in [-0.3, -0.25) is 5.26 Å². The van der Waals surface area contributed by atoms with Gasteiger partial charge in [-0.1, -0.05) is 26.0 Å². The van der Waals surface area contributed by atoms with E-state index in [1.54, 1.807) is 0 Å². The lowest BCUT2D eigenvalue weighted by Gasteiger charge is -2.32. The van der Waals surface area contributed by atoms with Crippen LogP contribution in [0, 0.1) is 0 Å². The molecule has 1 aliphatic heterocycles. The van der Waals surface area contributed by atoms with Gasteiger partial charge in [0, 0.05) is 4.90 Å². The number of hydrogen-bond acceptors (Lipinski definition) is 3. The van der Waals surface area contributed by atoms with E-state index in [4.69, 9.17) is 5.26 Å². The monoisotopic (exact) mass is 224 g/mol. The lowest BCUT2D eigenvalue weighted by Crippen LogP contribution is -2.22. The van der Waals surface area contributed by atoms with Crippen molar-refractivity contribution in [2.24, 2.45) is 0 Å². The fourth-order valence-corrected chi connectivity index (χ4v) is 3.43. The number of rotatable bonds is 2. The molecular formula is C12H16O2S. The third kappa shape index (κ3) is 2.19. The van der Waals surface area contributed by atoms with Crippen molar-refractivity contribution in [3.8, 4) is 0 Å². The Morgan fingerprint density at radius 3 is 3.00 bits per heavy atom. The van der Waals surface area contributed by atoms with Crippen LogP contribution in [0.2, 0.25) is 0 Å². The van der Waals surface area contributed by atoms with Crippen LogP contribution in [0.15, 0.2) is 23.1 Å². The van der Waals surface area contributed by atoms with Crippen LogP contribution in [0.25, 0.3) is 0 Å². The highest BCUT2D eigenvalue weighted by Crippen LogP contribution is 2.41. The Balaban J connectivity index is 2.39. The Bertz CT molecular complexity index is 361. The molecule has 0 unspecified atom stereocenters. The Hall–Kier alpha value is -0.510. The summed E-state index contributed by atoms with van der Waals surface area (Å²) < 4.78 is 0. The van der Waals surface area contributed by atoms with Crippen molar-refractivity contribution in [3.05, 3.63) is 29.3 Å². The Morgan fingerprint density at radius 1 is 1.47 bits per heavy atom. The lowest BCUT2D eigenvalue weighted by molar-refractivity contribution is -0.253. The molecule has 0 spiro atoms. The second-order valence-corrected chi connectivity index (χ2v) is 5.72. The molecule has 82 valence electrons. The molecule has 0 atom stereocenters. The Kier molecular flexibility index (Phi) is 3.05. The lowest BCUT2D eigenvalue weighted by atomic mass is 9.81. The minimum absolute atomic E-state index is 0.242. The summed E-state index contributed by atoms with van der Waals surface area (Å²) >= 11 is 1.91. The summed E-state index contributed by atoms with van der Waals surface area (Å²) in [6.45, 7) is 4.82. The molecular weight excluding hydrogens is 208 g/mol. The first kappa shape index (κ1) is 11.0. The van der Waals surface area contributed by atoms with Gasteiger partial charge >= 0.3 is 0 Å². The second-order valence-electron chi connectivity index (χ2n) is 4.59. The molecule has 1 heterocycles.